The largest absolute Gasteiger partial charge is 0.394 e. The zero-order valence-corrected chi connectivity index (χ0v) is 9.46. The first-order valence-corrected chi connectivity index (χ1v) is 5.28. The molecule has 1 unspecified atom stereocenters. The molecule has 0 fully saturated rings. The zero-order chi connectivity index (χ0) is 11.5. The van der Waals surface area contributed by atoms with Gasteiger partial charge in [-0.05, 0) is 13.0 Å². The quantitative estimate of drug-likeness (QED) is 0.845. The number of nitrogens with zero attached hydrogens (tertiary/aromatic N) is 3. The van der Waals surface area contributed by atoms with Crippen molar-refractivity contribution in [2.75, 3.05) is 18.6 Å². The van der Waals surface area contributed by atoms with E-state index in [1.165, 1.54) is 0 Å². The zero-order valence-electron chi connectivity index (χ0n) is 9.46. The summed E-state index contributed by atoms with van der Waals surface area (Å²) in [5.41, 5.74) is 0.921. The number of anilines is 1. The van der Waals surface area contributed by atoms with Gasteiger partial charge in [0.2, 0.25) is 5.95 Å². The van der Waals surface area contributed by atoms with Gasteiger partial charge in [0.1, 0.15) is 0 Å². The van der Waals surface area contributed by atoms with Crippen LogP contribution in [0.5, 0.6) is 0 Å². The fourth-order valence-electron chi connectivity index (χ4n) is 1.45. The van der Waals surface area contributed by atoms with Gasteiger partial charge in [-0.2, -0.15) is 0 Å². The molecule has 0 amide bonds. The van der Waals surface area contributed by atoms with Gasteiger partial charge in [-0.3, -0.25) is 0 Å². The number of aliphatic hydroxyl groups is 1. The second-order valence-electron chi connectivity index (χ2n) is 3.87. The average Bonchev–Trinajstić information content (AvgIpc) is 2.36. The predicted molar refractivity (Wildman–Crippen MR) is 64.5 cm³/mol. The highest BCUT2D eigenvalue weighted by atomic mass is 16.3. The van der Waals surface area contributed by atoms with Crippen molar-refractivity contribution in [3.63, 3.8) is 0 Å². The van der Waals surface area contributed by atoms with Crippen molar-refractivity contribution in [2.24, 2.45) is 0 Å². The molecule has 0 aliphatic heterocycles. The van der Waals surface area contributed by atoms with Crippen molar-refractivity contribution >= 4 is 16.9 Å². The number of para-hydroxylation sites is 1. The maximum atomic E-state index is 9.08. The Morgan fingerprint density at radius 2 is 2.12 bits per heavy atom. The van der Waals surface area contributed by atoms with E-state index < -0.39 is 0 Å². The number of hydrogen-bond acceptors (Lipinski definition) is 4. The Kier molecular flexibility index (Phi) is 3.01. The van der Waals surface area contributed by atoms with E-state index in [4.69, 9.17) is 5.11 Å². The molecule has 16 heavy (non-hydrogen) atoms. The van der Waals surface area contributed by atoms with Crippen LogP contribution < -0.4 is 4.90 Å². The van der Waals surface area contributed by atoms with Crippen molar-refractivity contribution in [3.05, 3.63) is 30.5 Å². The van der Waals surface area contributed by atoms with Crippen LogP contribution in [0.3, 0.4) is 0 Å². The Morgan fingerprint density at radius 3 is 2.88 bits per heavy atom. The number of fused-ring (bicyclic) bond motifs is 1. The van der Waals surface area contributed by atoms with Gasteiger partial charge in [0.05, 0.1) is 18.2 Å². The summed E-state index contributed by atoms with van der Waals surface area (Å²) >= 11 is 0. The van der Waals surface area contributed by atoms with Gasteiger partial charge in [-0.15, -0.1) is 0 Å². The van der Waals surface area contributed by atoms with E-state index in [0.717, 1.165) is 10.9 Å². The molecule has 0 aliphatic rings. The van der Waals surface area contributed by atoms with Crippen LogP contribution in [0.15, 0.2) is 30.5 Å². The summed E-state index contributed by atoms with van der Waals surface area (Å²) < 4.78 is 0. The van der Waals surface area contributed by atoms with Gasteiger partial charge in [-0.1, -0.05) is 18.2 Å². The lowest BCUT2D eigenvalue weighted by Crippen LogP contribution is -2.33. The molecule has 0 saturated carbocycles. The molecular weight excluding hydrogens is 202 g/mol. The van der Waals surface area contributed by atoms with Gasteiger partial charge in [0.15, 0.2) is 0 Å². The number of hydrogen-bond donors (Lipinski definition) is 1. The number of aliphatic hydroxyl groups excluding tert-OH is 1. The number of rotatable bonds is 3. The van der Waals surface area contributed by atoms with Crippen LogP contribution in [-0.2, 0) is 0 Å². The molecule has 0 bridgehead atoms. The summed E-state index contributed by atoms with van der Waals surface area (Å²) in [6.07, 6.45) is 1.80. The molecule has 2 aromatic rings. The van der Waals surface area contributed by atoms with E-state index in [1.807, 2.05) is 43.1 Å². The molecule has 0 aliphatic carbocycles. The summed E-state index contributed by atoms with van der Waals surface area (Å²) in [6, 6.07) is 7.87. The number of likely N-dealkylation sites (N-methyl/N-ethyl adjacent to an activating group) is 1. The van der Waals surface area contributed by atoms with E-state index in [0.29, 0.717) is 5.95 Å². The first-order valence-electron chi connectivity index (χ1n) is 5.28. The molecule has 0 radical (unpaired) electrons. The van der Waals surface area contributed by atoms with Crippen LogP contribution in [0.4, 0.5) is 5.95 Å². The fourth-order valence-corrected chi connectivity index (χ4v) is 1.45. The standard InChI is InChI=1S/C12H15N3O/c1-9(8-16)15(2)12-13-7-10-5-3-4-6-11(10)14-12/h3-7,9,16H,8H2,1-2H3. The highest BCUT2D eigenvalue weighted by Crippen LogP contribution is 2.15. The molecule has 1 N–H and O–H groups in total. The lowest BCUT2D eigenvalue weighted by atomic mass is 10.2. The third-order valence-electron chi connectivity index (χ3n) is 2.72. The van der Waals surface area contributed by atoms with Crippen molar-refractivity contribution in [2.45, 2.75) is 13.0 Å². The van der Waals surface area contributed by atoms with E-state index in [1.54, 1.807) is 6.20 Å². The minimum atomic E-state index is 0.0150. The van der Waals surface area contributed by atoms with Gasteiger partial charge in [0.25, 0.3) is 0 Å². The molecule has 1 aromatic heterocycles. The van der Waals surface area contributed by atoms with Gasteiger partial charge in [0, 0.05) is 18.6 Å². The predicted octanol–water partition coefficient (Wildman–Crippen LogP) is 1.45. The highest BCUT2D eigenvalue weighted by Gasteiger charge is 2.11. The monoisotopic (exact) mass is 217 g/mol. The topological polar surface area (TPSA) is 49.2 Å². The average molecular weight is 217 g/mol. The van der Waals surface area contributed by atoms with Crippen LogP contribution >= 0.6 is 0 Å². The lowest BCUT2D eigenvalue weighted by Gasteiger charge is -2.22. The van der Waals surface area contributed by atoms with Crippen LogP contribution in [-0.4, -0.2) is 34.8 Å². The van der Waals surface area contributed by atoms with Gasteiger partial charge in [-0.25, -0.2) is 9.97 Å². The van der Waals surface area contributed by atoms with Crippen molar-refractivity contribution < 1.29 is 5.11 Å². The molecule has 4 nitrogen and oxygen atoms in total. The van der Waals surface area contributed by atoms with Crippen LogP contribution in [0.1, 0.15) is 6.92 Å². The molecule has 0 saturated heterocycles. The lowest BCUT2D eigenvalue weighted by molar-refractivity contribution is 0.269. The minimum Gasteiger partial charge on any atom is -0.394 e. The molecule has 84 valence electrons. The van der Waals surface area contributed by atoms with Crippen molar-refractivity contribution in [1.29, 1.82) is 0 Å². The number of aromatic nitrogens is 2. The second kappa shape index (κ2) is 4.45. The summed E-state index contributed by atoms with van der Waals surface area (Å²) in [5, 5.41) is 10.1. The summed E-state index contributed by atoms with van der Waals surface area (Å²) in [6.45, 7) is 2.02. The fraction of sp³-hybridized carbons (Fsp3) is 0.333. The summed E-state index contributed by atoms with van der Waals surface area (Å²) in [5.74, 6) is 0.639. The Morgan fingerprint density at radius 1 is 1.38 bits per heavy atom. The molecule has 1 atom stereocenters. The SMILES string of the molecule is CC(CO)N(C)c1ncc2ccccc2n1. The first-order chi connectivity index (χ1) is 7.72. The Labute approximate surface area is 94.6 Å². The molecule has 0 spiro atoms. The number of benzene rings is 1. The van der Waals surface area contributed by atoms with Crippen molar-refractivity contribution in [3.8, 4) is 0 Å². The molecular formula is C12H15N3O. The second-order valence-corrected chi connectivity index (χ2v) is 3.87. The molecule has 2 rings (SSSR count). The first kappa shape index (κ1) is 10.8. The smallest absolute Gasteiger partial charge is 0.225 e. The normalized spacial score (nSPS) is 12.7. The third-order valence-corrected chi connectivity index (χ3v) is 2.72. The molecule has 1 aromatic carbocycles. The van der Waals surface area contributed by atoms with Crippen molar-refractivity contribution in [1.82, 2.24) is 9.97 Å². The Hall–Kier alpha value is -1.68. The van der Waals surface area contributed by atoms with Crippen LogP contribution in [0.2, 0.25) is 0 Å². The molecule has 4 heteroatoms. The van der Waals surface area contributed by atoms with E-state index in [2.05, 4.69) is 9.97 Å². The highest BCUT2D eigenvalue weighted by molar-refractivity contribution is 5.78. The van der Waals surface area contributed by atoms with Crippen LogP contribution in [0.25, 0.3) is 10.9 Å². The molecule has 1 heterocycles. The van der Waals surface area contributed by atoms with Gasteiger partial charge < -0.3 is 10.0 Å². The van der Waals surface area contributed by atoms with E-state index >= 15 is 0 Å². The van der Waals surface area contributed by atoms with E-state index in [-0.39, 0.29) is 12.6 Å². The third kappa shape index (κ3) is 1.97. The maximum absolute atomic E-state index is 9.08. The Bertz CT molecular complexity index is 486. The van der Waals surface area contributed by atoms with Crippen LogP contribution in [0, 0.1) is 0 Å². The summed E-state index contributed by atoms with van der Waals surface area (Å²) in [4.78, 5) is 10.6. The maximum Gasteiger partial charge on any atom is 0.225 e. The van der Waals surface area contributed by atoms with Gasteiger partial charge >= 0.3 is 0 Å². The Balaban J connectivity index is 2.39. The van der Waals surface area contributed by atoms with E-state index in [9.17, 15) is 0 Å². The summed E-state index contributed by atoms with van der Waals surface area (Å²) in [7, 11) is 1.88. The minimum absolute atomic E-state index is 0.0150.